The topological polar surface area (TPSA) is 112 Å². The van der Waals surface area contributed by atoms with Gasteiger partial charge in [-0.05, 0) is 49.3 Å². The third-order valence-corrected chi connectivity index (χ3v) is 6.59. The van der Waals surface area contributed by atoms with E-state index in [1.54, 1.807) is 4.90 Å². The van der Waals surface area contributed by atoms with Gasteiger partial charge in [-0.1, -0.05) is 36.4 Å². The van der Waals surface area contributed by atoms with E-state index in [1.165, 1.54) is 5.56 Å². The van der Waals surface area contributed by atoms with Gasteiger partial charge < -0.3 is 20.6 Å². The lowest BCUT2D eigenvalue weighted by Crippen LogP contribution is -2.46. The maximum atomic E-state index is 13.0. The Hall–Kier alpha value is -3.42. The summed E-state index contributed by atoms with van der Waals surface area (Å²) in [5, 5.41) is 15.5. The number of carboxylic acid groups (broad SMARTS) is 1. The molecule has 1 aromatic heterocycles. The number of hydrogen-bond donors (Lipinski definition) is 3. The number of carbonyl (C=O) groups excluding carboxylic acids is 2. The first-order valence-electron chi connectivity index (χ1n) is 12.1. The molecule has 2 atom stereocenters. The molecule has 1 saturated heterocycles. The van der Waals surface area contributed by atoms with Gasteiger partial charge in [-0.25, -0.2) is 4.98 Å². The molecule has 2 aromatic rings. The number of aromatic nitrogens is 1. The lowest BCUT2D eigenvalue weighted by molar-refractivity contribution is -0.138. The number of piperidine rings is 1. The normalized spacial score (nSPS) is 18.4. The van der Waals surface area contributed by atoms with E-state index in [0.717, 1.165) is 42.9 Å². The first kappa shape index (κ1) is 23.7. The summed E-state index contributed by atoms with van der Waals surface area (Å²) in [5.41, 5.74) is 2.88. The van der Waals surface area contributed by atoms with Crippen molar-refractivity contribution in [2.75, 3.05) is 25.0 Å². The van der Waals surface area contributed by atoms with Crippen LogP contribution in [0.4, 0.5) is 5.82 Å². The van der Waals surface area contributed by atoms with Gasteiger partial charge >= 0.3 is 5.97 Å². The van der Waals surface area contributed by atoms with Crippen LogP contribution in [0, 0.1) is 5.92 Å². The number of nitrogens with zero attached hydrogens (tertiary/aromatic N) is 2. The van der Waals surface area contributed by atoms with E-state index in [-0.39, 0.29) is 24.2 Å². The molecule has 8 heteroatoms. The van der Waals surface area contributed by atoms with Crippen LogP contribution in [0.5, 0.6) is 0 Å². The zero-order chi connectivity index (χ0) is 23.9. The molecule has 2 amide bonds. The van der Waals surface area contributed by atoms with Gasteiger partial charge in [-0.15, -0.1) is 0 Å². The van der Waals surface area contributed by atoms with E-state index in [2.05, 4.69) is 21.7 Å². The number of aliphatic carboxylic acids is 1. The highest BCUT2D eigenvalue weighted by Gasteiger charge is 2.30. The minimum atomic E-state index is -0.972. The Bertz CT molecular complexity index is 1030. The summed E-state index contributed by atoms with van der Waals surface area (Å²) in [4.78, 5) is 43.6. The Labute approximate surface area is 199 Å². The molecular weight excluding hydrogens is 432 g/mol. The minimum Gasteiger partial charge on any atom is -0.481 e. The fourth-order valence-electron chi connectivity index (χ4n) is 4.72. The molecule has 180 valence electrons. The Morgan fingerprint density at radius 2 is 1.97 bits per heavy atom. The third-order valence-electron chi connectivity index (χ3n) is 6.59. The van der Waals surface area contributed by atoms with Crippen molar-refractivity contribution in [1.82, 2.24) is 15.2 Å². The first-order valence-corrected chi connectivity index (χ1v) is 12.1. The van der Waals surface area contributed by atoms with E-state index < -0.39 is 12.0 Å². The number of amides is 2. The summed E-state index contributed by atoms with van der Waals surface area (Å²) < 4.78 is 0. The summed E-state index contributed by atoms with van der Waals surface area (Å²) in [6.07, 6.45) is 4.30. The van der Waals surface area contributed by atoms with Crippen LogP contribution in [0.25, 0.3) is 0 Å². The highest BCUT2D eigenvalue weighted by molar-refractivity contribution is 5.82. The van der Waals surface area contributed by atoms with Gasteiger partial charge in [0, 0.05) is 31.7 Å². The summed E-state index contributed by atoms with van der Waals surface area (Å²) >= 11 is 0. The van der Waals surface area contributed by atoms with E-state index >= 15 is 0 Å². The van der Waals surface area contributed by atoms with Crippen LogP contribution in [0.3, 0.4) is 0 Å². The Morgan fingerprint density at radius 1 is 1.15 bits per heavy atom. The average Bonchev–Trinajstić information content (AvgIpc) is 2.87. The highest BCUT2D eigenvalue weighted by Crippen LogP contribution is 2.23. The fraction of sp³-hybridized carbons (Fsp3) is 0.462. The first-order chi connectivity index (χ1) is 16.5. The number of anilines is 1. The largest absolute Gasteiger partial charge is 0.481 e. The SMILES string of the molecule is O=C(O)C[C@H](NC(=O)[C@H]1CCCN(C(=O)CCc2ccc3c(n2)NCCC3)C1)c1ccccc1. The van der Waals surface area contributed by atoms with Crippen LogP contribution in [-0.2, 0) is 27.2 Å². The molecule has 3 N–H and O–H groups in total. The van der Waals surface area contributed by atoms with Crippen LogP contribution in [0.2, 0.25) is 0 Å². The molecule has 3 heterocycles. The number of pyridine rings is 1. The second kappa shape index (κ2) is 11.1. The van der Waals surface area contributed by atoms with Gasteiger partial charge in [0.25, 0.3) is 0 Å². The Morgan fingerprint density at radius 3 is 2.76 bits per heavy atom. The van der Waals surface area contributed by atoms with E-state index in [4.69, 9.17) is 0 Å². The monoisotopic (exact) mass is 464 g/mol. The zero-order valence-electron chi connectivity index (χ0n) is 19.3. The van der Waals surface area contributed by atoms with Gasteiger partial charge in [-0.3, -0.25) is 14.4 Å². The molecule has 2 aliphatic rings. The van der Waals surface area contributed by atoms with E-state index in [0.29, 0.717) is 32.4 Å². The van der Waals surface area contributed by atoms with Gasteiger partial charge in [0.2, 0.25) is 11.8 Å². The molecule has 0 spiro atoms. The standard InChI is InChI=1S/C26H32N4O4/c31-23(13-12-21-11-10-19-8-4-14-27-25(19)28-21)30-15-5-9-20(17-30)26(34)29-22(16-24(32)33)18-6-2-1-3-7-18/h1-3,6-7,10-11,20,22H,4-5,8-9,12-17H2,(H,27,28)(H,29,34)(H,32,33)/t20-,22-/m0/s1. The smallest absolute Gasteiger partial charge is 0.305 e. The molecule has 0 radical (unpaired) electrons. The second-order valence-electron chi connectivity index (χ2n) is 9.09. The number of carbonyl (C=O) groups is 3. The number of carboxylic acids is 1. The quantitative estimate of drug-likeness (QED) is 0.554. The molecule has 0 bridgehead atoms. The number of nitrogens with one attached hydrogen (secondary N) is 2. The van der Waals surface area contributed by atoms with Gasteiger partial charge in [-0.2, -0.15) is 0 Å². The van der Waals surface area contributed by atoms with Crippen molar-refractivity contribution in [3.63, 3.8) is 0 Å². The number of aryl methyl sites for hydroxylation is 2. The van der Waals surface area contributed by atoms with Crippen LogP contribution in [-0.4, -0.2) is 52.4 Å². The predicted molar refractivity (Wildman–Crippen MR) is 128 cm³/mol. The molecule has 1 aromatic carbocycles. The van der Waals surface area contributed by atoms with E-state index in [1.807, 2.05) is 36.4 Å². The third kappa shape index (κ3) is 6.12. The number of likely N-dealkylation sites (tertiary alicyclic amines) is 1. The maximum absolute atomic E-state index is 13.0. The van der Waals surface area contributed by atoms with Gasteiger partial charge in [0.05, 0.1) is 18.4 Å². The Balaban J connectivity index is 1.32. The zero-order valence-corrected chi connectivity index (χ0v) is 19.3. The number of fused-ring (bicyclic) bond motifs is 1. The predicted octanol–water partition coefficient (Wildman–Crippen LogP) is 2.94. The highest BCUT2D eigenvalue weighted by atomic mass is 16.4. The van der Waals surface area contributed by atoms with Crippen molar-refractivity contribution in [3.05, 3.63) is 59.3 Å². The van der Waals surface area contributed by atoms with Crippen molar-refractivity contribution >= 4 is 23.6 Å². The number of rotatable bonds is 8. The number of benzene rings is 1. The van der Waals surface area contributed by atoms with Crippen molar-refractivity contribution in [3.8, 4) is 0 Å². The van der Waals surface area contributed by atoms with Gasteiger partial charge in [0.15, 0.2) is 0 Å². The lowest BCUT2D eigenvalue weighted by Gasteiger charge is -2.33. The molecular formula is C26H32N4O4. The molecule has 34 heavy (non-hydrogen) atoms. The average molecular weight is 465 g/mol. The van der Waals surface area contributed by atoms with Crippen LogP contribution >= 0.6 is 0 Å². The summed E-state index contributed by atoms with van der Waals surface area (Å²) in [5.74, 6) is -0.560. The van der Waals surface area contributed by atoms with Crippen LogP contribution in [0.1, 0.15) is 55.0 Å². The molecule has 1 fully saturated rings. The molecule has 0 saturated carbocycles. The molecule has 2 aliphatic heterocycles. The summed E-state index contributed by atoms with van der Waals surface area (Å²) in [6.45, 7) is 1.93. The summed E-state index contributed by atoms with van der Waals surface area (Å²) in [6, 6.07) is 12.6. The molecule has 0 unspecified atom stereocenters. The molecule has 4 rings (SSSR count). The number of hydrogen-bond acceptors (Lipinski definition) is 5. The van der Waals surface area contributed by atoms with Crippen molar-refractivity contribution in [2.45, 2.75) is 51.0 Å². The van der Waals surface area contributed by atoms with Gasteiger partial charge in [0.1, 0.15) is 5.82 Å². The Kier molecular flexibility index (Phi) is 7.77. The maximum Gasteiger partial charge on any atom is 0.305 e. The van der Waals surface area contributed by atoms with Crippen molar-refractivity contribution in [1.29, 1.82) is 0 Å². The van der Waals surface area contributed by atoms with Crippen molar-refractivity contribution < 1.29 is 19.5 Å². The van der Waals surface area contributed by atoms with Crippen molar-refractivity contribution in [2.24, 2.45) is 5.92 Å². The van der Waals surface area contributed by atoms with Crippen LogP contribution in [0.15, 0.2) is 42.5 Å². The van der Waals surface area contributed by atoms with Crippen LogP contribution < -0.4 is 10.6 Å². The molecule has 0 aliphatic carbocycles. The lowest BCUT2D eigenvalue weighted by atomic mass is 9.95. The second-order valence-corrected chi connectivity index (χ2v) is 9.09. The fourth-order valence-corrected chi connectivity index (χ4v) is 4.72. The molecule has 8 nitrogen and oxygen atoms in total. The minimum absolute atomic E-state index is 0.0233. The summed E-state index contributed by atoms with van der Waals surface area (Å²) in [7, 11) is 0. The van der Waals surface area contributed by atoms with E-state index in [9.17, 15) is 19.5 Å².